The van der Waals surface area contributed by atoms with Gasteiger partial charge in [-0.3, -0.25) is 0 Å². The topological polar surface area (TPSA) is 44.5 Å². The Labute approximate surface area is 112 Å². The fraction of sp³-hybridized carbons (Fsp3) is 0.125. The average Bonchev–Trinajstić information content (AvgIpc) is 2.48. The molecule has 2 N–H and O–H groups in total. The lowest BCUT2D eigenvalue weighted by Crippen LogP contribution is -2.21. The maximum absolute atomic E-state index is 6.20. The van der Waals surface area contributed by atoms with E-state index in [1.165, 1.54) is 0 Å². The molecule has 1 aliphatic heterocycles. The molecule has 3 nitrogen and oxygen atoms in total. The summed E-state index contributed by atoms with van der Waals surface area (Å²) in [6.45, 7) is 0. The van der Waals surface area contributed by atoms with E-state index in [4.69, 9.17) is 15.2 Å². The van der Waals surface area contributed by atoms with E-state index in [-0.39, 0.29) is 6.10 Å². The molecule has 1 atom stereocenters. The van der Waals surface area contributed by atoms with E-state index in [1.54, 1.807) is 7.11 Å². The molecule has 0 spiro atoms. The zero-order valence-electron chi connectivity index (χ0n) is 10.7. The molecule has 1 unspecified atom stereocenters. The Kier molecular flexibility index (Phi) is 2.88. The smallest absolute Gasteiger partial charge is 0.183 e. The summed E-state index contributed by atoms with van der Waals surface area (Å²) < 4.78 is 11.5. The average molecular weight is 253 g/mol. The second kappa shape index (κ2) is 4.69. The van der Waals surface area contributed by atoms with Crippen LogP contribution in [0.5, 0.6) is 5.75 Å². The SMILES string of the molecule is COC1=C(N)c2ccccc2OC1c1ccccc1. The highest BCUT2D eigenvalue weighted by Gasteiger charge is 2.29. The first kappa shape index (κ1) is 11.7. The Morgan fingerprint density at radius 3 is 2.42 bits per heavy atom. The van der Waals surface area contributed by atoms with Crippen LogP contribution in [-0.2, 0) is 4.74 Å². The van der Waals surface area contributed by atoms with Gasteiger partial charge in [0.05, 0.1) is 12.8 Å². The molecule has 0 bridgehead atoms. The maximum atomic E-state index is 6.20. The lowest BCUT2D eigenvalue weighted by atomic mass is 10.00. The van der Waals surface area contributed by atoms with Crippen LogP contribution in [0.4, 0.5) is 0 Å². The molecular weight excluding hydrogens is 238 g/mol. The summed E-state index contributed by atoms with van der Waals surface area (Å²) in [6.07, 6.45) is -0.291. The molecule has 0 saturated carbocycles. The first-order valence-electron chi connectivity index (χ1n) is 6.16. The van der Waals surface area contributed by atoms with Crippen LogP contribution in [0.25, 0.3) is 5.70 Å². The van der Waals surface area contributed by atoms with Crippen LogP contribution < -0.4 is 10.5 Å². The molecule has 2 aromatic carbocycles. The van der Waals surface area contributed by atoms with Crippen molar-refractivity contribution in [3.05, 3.63) is 71.5 Å². The first-order chi connectivity index (χ1) is 9.31. The summed E-state index contributed by atoms with van der Waals surface area (Å²) in [5, 5.41) is 0. The van der Waals surface area contributed by atoms with Gasteiger partial charge in [0, 0.05) is 11.1 Å². The summed E-state index contributed by atoms with van der Waals surface area (Å²) in [5.74, 6) is 1.44. The van der Waals surface area contributed by atoms with E-state index in [1.807, 2.05) is 54.6 Å². The van der Waals surface area contributed by atoms with Crippen molar-refractivity contribution in [2.75, 3.05) is 7.11 Å². The molecule has 3 heteroatoms. The third kappa shape index (κ3) is 1.93. The van der Waals surface area contributed by atoms with Crippen LogP contribution in [-0.4, -0.2) is 7.11 Å². The Morgan fingerprint density at radius 1 is 1.00 bits per heavy atom. The Hall–Kier alpha value is -2.42. The molecular formula is C16H15NO2. The van der Waals surface area contributed by atoms with E-state index in [0.717, 1.165) is 16.9 Å². The van der Waals surface area contributed by atoms with Crippen molar-refractivity contribution >= 4 is 5.70 Å². The molecule has 0 fully saturated rings. The van der Waals surface area contributed by atoms with Crippen molar-refractivity contribution in [1.29, 1.82) is 0 Å². The predicted molar refractivity (Wildman–Crippen MR) is 74.4 cm³/mol. The van der Waals surface area contributed by atoms with Crippen LogP contribution in [0.3, 0.4) is 0 Å². The van der Waals surface area contributed by atoms with Gasteiger partial charge in [-0.25, -0.2) is 0 Å². The summed E-state index contributed by atoms with van der Waals surface area (Å²) in [4.78, 5) is 0. The van der Waals surface area contributed by atoms with Gasteiger partial charge in [-0.05, 0) is 12.1 Å². The molecule has 0 aromatic heterocycles. The summed E-state index contributed by atoms with van der Waals surface area (Å²) in [6, 6.07) is 17.7. The zero-order chi connectivity index (χ0) is 13.2. The van der Waals surface area contributed by atoms with E-state index in [2.05, 4.69) is 0 Å². The molecule has 1 heterocycles. The van der Waals surface area contributed by atoms with E-state index in [9.17, 15) is 0 Å². The quantitative estimate of drug-likeness (QED) is 0.894. The summed E-state index contributed by atoms with van der Waals surface area (Å²) in [5.41, 5.74) is 8.75. The van der Waals surface area contributed by atoms with Crippen molar-refractivity contribution in [2.45, 2.75) is 6.10 Å². The minimum absolute atomic E-state index is 0.291. The molecule has 0 radical (unpaired) electrons. The number of rotatable bonds is 2. The number of ether oxygens (including phenoxy) is 2. The molecule has 19 heavy (non-hydrogen) atoms. The lowest BCUT2D eigenvalue weighted by Gasteiger charge is -2.28. The second-order valence-electron chi connectivity index (χ2n) is 4.39. The highest BCUT2D eigenvalue weighted by molar-refractivity contribution is 5.72. The zero-order valence-corrected chi connectivity index (χ0v) is 10.7. The van der Waals surface area contributed by atoms with Crippen molar-refractivity contribution in [2.24, 2.45) is 5.73 Å². The summed E-state index contributed by atoms with van der Waals surface area (Å²) in [7, 11) is 1.62. The van der Waals surface area contributed by atoms with Crippen molar-refractivity contribution in [3.63, 3.8) is 0 Å². The van der Waals surface area contributed by atoms with Crippen LogP contribution >= 0.6 is 0 Å². The Bertz CT molecular complexity index is 620. The van der Waals surface area contributed by atoms with E-state index >= 15 is 0 Å². The largest absolute Gasteiger partial charge is 0.495 e. The second-order valence-corrected chi connectivity index (χ2v) is 4.39. The number of para-hydroxylation sites is 1. The number of nitrogens with two attached hydrogens (primary N) is 1. The van der Waals surface area contributed by atoms with Crippen molar-refractivity contribution in [3.8, 4) is 5.75 Å². The number of hydrogen-bond donors (Lipinski definition) is 1. The minimum Gasteiger partial charge on any atom is -0.495 e. The van der Waals surface area contributed by atoms with Gasteiger partial charge in [0.25, 0.3) is 0 Å². The van der Waals surface area contributed by atoms with E-state index in [0.29, 0.717) is 11.5 Å². The molecule has 1 aliphatic rings. The highest BCUT2D eigenvalue weighted by Crippen LogP contribution is 2.39. The Balaban J connectivity index is 2.12. The monoisotopic (exact) mass is 253 g/mol. The van der Waals surface area contributed by atoms with Gasteiger partial charge in [-0.1, -0.05) is 42.5 Å². The first-order valence-corrected chi connectivity index (χ1v) is 6.16. The van der Waals surface area contributed by atoms with Gasteiger partial charge in [0.1, 0.15) is 5.75 Å². The standard InChI is InChI=1S/C16H15NO2/c1-18-16-14(17)12-9-5-6-10-13(12)19-15(16)11-7-3-2-4-8-11/h2-10,15H,17H2,1H3. The van der Waals surface area contributed by atoms with E-state index < -0.39 is 0 Å². The van der Waals surface area contributed by atoms with Gasteiger partial charge in [0.15, 0.2) is 11.9 Å². The van der Waals surface area contributed by atoms with Gasteiger partial charge >= 0.3 is 0 Å². The van der Waals surface area contributed by atoms with Gasteiger partial charge < -0.3 is 15.2 Å². The minimum atomic E-state index is -0.291. The molecule has 3 rings (SSSR count). The normalized spacial score (nSPS) is 17.6. The fourth-order valence-corrected chi connectivity index (χ4v) is 2.31. The third-order valence-corrected chi connectivity index (χ3v) is 3.25. The van der Waals surface area contributed by atoms with Crippen LogP contribution in [0.1, 0.15) is 17.2 Å². The van der Waals surface area contributed by atoms with Crippen LogP contribution in [0.2, 0.25) is 0 Å². The van der Waals surface area contributed by atoms with Gasteiger partial charge in [-0.15, -0.1) is 0 Å². The van der Waals surface area contributed by atoms with Crippen molar-refractivity contribution < 1.29 is 9.47 Å². The number of hydrogen-bond acceptors (Lipinski definition) is 3. The maximum Gasteiger partial charge on any atom is 0.183 e. The predicted octanol–water partition coefficient (Wildman–Crippen LogP) is 3.09. The fourth-order valence-electron chi connectivity index (χ4n) is 2.31. The number of benzene rings is 2. The van der Waals surface area contributed by atoms with Gasteiger partial charge in [-0.2, -0.15) is 0 Å². The molecule has 0 saturated heterocycles. The number of methoxy groups -OCH3 is 1. The molecule has 0 aliphatic carbocycles. The number of fused-ring (bicyclic) bond motifs is 1. The Morgan fingerprint density at radius 2 is 1.68 bits per heavy atom. The van der Waals surface area contributed by atoms with Crippen LogP contribution in [0, 0.1) is 0 Å². The van der Waals surface area contributed by atoms with Gasteiger partial charge in [0.2, 0.25) is 0 Å². The lowest BCUT2D eigenvalue weighted by molar-refractivity contribution is 0.143. The third-order valence-electron chi connectivity index (χ3n) is 3.25. The molecule has 0 amide bonds. The highest BCUT2D eigenvalue weighted by atomic mass is 16.5. The molecule has 96 valence electrons. The molecule has 2 aromatic rings. The summed E-state index contributed by atoms with van der Waals surface area (Å²) >= 11 is 0. The van der Waals surface area contributed by atoms with Crippen molar-refractivity contribution in [1.82, 2.24) is 0 Å². The van der Waals surface area contributed by atoms with Crippen LogP contribution in [0.15, 0.2) is 60.4 Å².